The van der Waals surface area contributed by atoms with Crippen LogP contribution in [0.1, 0.15) is 0 Å². The van der Waals surface area contributed by atoms with Crippen molar-refractivity contribution in [2.75, 3.05) is 0 Å². The molecule has 0 N–H and O–H groups in total. The number of aryl methyl sites for hydroxylation is 1. The molecular formula is C10H8BrN3O3. The maximum absolute atomic E-state index is 10.7. The Bertz CT molecular complexity index is 568. The number of halogens is 1. The SMILES string of the molecule is Cn1cnc([N+](=O)[O-])c1Oc1cccc(Br)c1. The number of benzene rings is 1. The van der Waals surface area contributed by atoms with Gasteiger partial charge in [0.1, 0.15) is 5.75 Å². The third kappa shape index (κ3) is 2.44. The summed E-state index contributed by atoms with van der Waals surface area (Å²) in [5.41, 5.74) is 0. The van der Waals surface area contributed by atoms with Gasteiger partial charge < -0.3 is 14.9 Å². The molecule has 88 valence electrons. The lowest BCUT2D eigenvalue weighted by molar-refractivity contribution is -0.390. The summed E-state index contributed by atoms with van der Waals surface area (Å²) in [6, 6.07) is 7.05. The average Bonchev–Trinajstić information content (AvgIpc) is 2.61. The van der Waals surface area contributed by atoms with E-state index >= 15 is 0 Å². The Morgan fingerprint density at radius 1 is 1.53 bits per heavy atom. The molecule has 0 aliphatic carbocycles. The molecule has 0 radical (unpaired) electrons. The van der Waals surface area contributed by atoms with Crippen LogP contribution < -0.4 is 4.74 Å². The van der Waals surface area contributed by atoms with Crippen LogP contribution in [0.15, 0.2) is 35.1 Å². The van der Waals surface area contributed by atoms with Crippen molar-refractivity contribution in [3.8, 4) is 11.6 Å². The van der Waals surface area contributed by atoms with Gasteiger partial charge in [-0.15, -0.1) is 0 Å². The van der Waals surface area contributed by atoms with Crippen LogP contribution in [0.3, 0.4) is 0 Å². The highest BCUT2D eigenvalue weighted by molar-refractivity contribution is 9.10. The van der Waals surface area contributed by atoms with Gasteiger partial charge >= 0.3 is 11.7 Å². The Kier molecular flexibility index (Phi) is 3.10. The third-order valence-electron chi connectivity index (χ3n) is 2.05. The van der Waals surface area contributed by atoms with Gasteiger partial charge in [0.25, 0.3) is 0 Å². The highest BCUT2D eigenvalue weighted by Gasteiger charge is 2.22. The average molecular weight is 298 g/mol. The summed E-state index contributed by atoms with van der Waals surface area (Å²) in [5, 5.41) is 10.7. The second-order valence-corrected chi connectivity index (χ2v) is 4.22. The summed E-state index contributed by atoms with van der Waals surface area (Å²) < 4.78 is 7.74. The predicted molar refractivity (Wildman–Crippen MR) is 64.1 cm³/mol. The number of hydrogen-bond donors (Lipinski definition) is 0. The largest absolute Gasteiger partial charge is 0.434 e. The van der Waals surface area contributed by atoms with E-state index in [0.717, 1.165) is 4.47 Å². The number of nitrogens with zero attached hydrogens (tertiary/aromatic N) is 3. The summed E-state index contributed by atoms with van der Waals surface area (Å²) >= 11 is 3.30. The number of imidazole rings is 1. The lowest BCUT2D eigenvalue weighted by Crippen LogP contribution is -1.96. The molecule has 6 nitrogen and oxygen atoms in total. The van der Waals surface area contributed by atoms with Gasteiger partial charge in [0.2, 0.25) is 6.33 Å². The van der Waals surface area contributed by atoms with Gasteiger partial charge in [0.05, 0.1) is 0 Å². The molecule has 0 fully saturated rings. The molecule has 1 heterocycles. The molecule has 0 spiro atoms. The van der Waals surface area contributed by atoms with E-state index < -0.39 is 4.92 Å². The van der Waals surface area contributed by atoms with Crippen LogP contribution in [0, 0.1) is 10.1 Å². The summed E-state index contributed by atoms with van der Waals surface area (Å²) in [6.45, 7) is 0. The van der Waals surface area contributed by atoms with Crippen LogP contribution in [0.25, 0.3) is 0 Å². The zero-order valence-corrected chi connectivity index (χ0v) is 10.4. The van der Waals surface area contributed by atoms with E-state index in [-0.39, 0.29) is 11.7 Å². The van der Waals surface area contributed by atoms with Gasteiger partial charge in [0.15, 0.2) is 0 Å². The lowest BCUT2D eigenvalue weighted by Gasteiger charge is -2.05. The smallest absolute Gasteiger partial charge is 0.427 e. The van der Waals surface area contributed by atoms with E-state index in [1.165, 1.54) is 10.9 Å². The van der Waals surface area contributed by atoms with Crippen molar-refractivity contribution >= 4 is 21.7 Å². The van der Waals surface area contributed by atoms with Gasteiger partial charge in [-0.3, -0.25) is 4.57 Å². The molecule has 2 aromatic rings. The van der Waals surface area contributed by atoms with Crippen molar-refractivity contribution in [1.82, 2.24) is 9.55 Å². The third-order valence-corrected chi connectivity index (χ3v) is 2.54. The van der Waals surface area contributed by atoms with Gasteiger partial charge in [-0.1, -0.05) is 22.0 Å². The monoisotopic (exact) mass is 297 g/mol. The Labute approximate surface area is 105 Å². The predicted octanol–water partition coefficient (Wildman–Crippen LogP) is 2.88. The molecule has 1 aromatic carbocycles. The van der Waals surface area contributed by atoms with Crippen molar-refractivity contribution in [2.45, 2.75) is 0 Å². The molecular weight excluding hydrogens is 290 g/mol. The van der Waals surface area contributed by atoms with Crippen LogP contribution in [0.5, 0.6) is 11.6 Å². The van der Waals surface area contributed by atoms with Crippen molar-refractivity contribution in [3.05, 3.63) is 45.2 Å². The minimum atomic E-state index is -0.576. The summed E-state index contributed by atoms with van der Waals surface area (Å²) in [4.78, 5) is 13.8. The van der Waals surface area contributed by atoms with Crippen molar-refractivity contribution in [2.24, 2.45) is 7.05 Å². The van der Waals surface area contributed by atoms with Crippen molar-refractivity contribution in [1.29, 1.82) is 0 Å². The standard InChI is InChI=1S/C10H8BrN3O3/c1-13-6-12-9(14(15)16)10(13)17-8-4-2-3-7(11)5-8/h2-6H,1H3. The molecule has 7 heteroatoms. The molecule has 0 atom stereocenters. The van der Waals surface area contributed by atoms with E-state index in [9.17, 15) is 10.1 Å². The molecule has 0 amide bonds. The molecule has 17 heavy (non-hydrogen) atoms. The van der Waals surface area contributed by atoms with Gasteiger partial charge in [-0.25, -0.2) is 0 Å². The van der Waals surface area contributed by atoms with E-state index in [0.29, 0.717) is 5.75 Å². The minimum absolute atomic E-state index is 0.105. The van der Waals surface area contributed by atoms with E-state index in [2.05, 4.69) is 20.9 Å². The molecule has 0 aliphatic heterocycles. The first-order valence-electron chi connectivity index (χ1n) is 4.67. The molecule has 0 aliphatic rings. The van der Waals surface area contributed by atoms with Crippen LogP contribution in [0.4, 0.5) is 5.82 Å². The Hall–Kier alpha value is -1.89. The van der Waals surface area contributed by atoms with Crippen LogP contribution in [-0.2, 0) is 7.05 Å². The second kappa shape index (κ2) is 4.54. The Morgan fingerprint density at radius 2 is 2.29 bits per heavy atom. The first kappa shape index (κ1) is 11.6. The lowest BCUT2D eigenvalue weighted by atomic mass is 10.3. The normalized spacial score (nSPS) is 10.2. The quantitative estimate of drug-likeness (QED) is 0.645. The molecule has 1 aromatic heterocycles. The highest BCUT2D eigenvalue weighted by Crippen LogP contribution is 2.30. The molecule has 0 saturated heterocycles. The van der Waals surface area contributed by atoms with Crippen molar-refractivity contribution in [3.63, 3.8) is 0 Å². The van der Waals surface area contributed by atoms with Gasteiger partial charge in [-0.05, 0) is 28.1 Å². The Balaban J connectivity index is 2.36. The van der Waals surface area contributed by atoms with Gasteiger partial charge in [0, 0.05) is 11.5 Å². The maximum Gasteiger partial charge on any atom is 0.427 e. The fraction of sp³-hybridized carbons (Fsp3) is 0.100. The number of hydrogen-bond acceptors (Lipinski definition) is 4. The fourth-order valence-corrected chi connectivity index (χ4v) is 1.67. The zero-order valence-electron chi connectivity index (χ0n) is 8.83. The van der Waals surface area contributed by atoms with E-state index in [1.807, 2.05) is 6.07 Å². The molecule has 0 saturated carbocycles. The number of nitro groups is 1. The minimum Gasteiger partial charge on any atom is -0.434 e. The van der Waals surface area contributed by atoms with Crippen LogP contribution >= 0.6 is 15.9 Å². The second-order valence-electron chi connectivity index (χ2n) is 3.30. The summed E-state index contributed by atoms with van der Waals surface area (Å²) in [6.07, 6.45) is 1.34. The van der Waals surface area contributed by atoms with Crippen LogP contribution in [-0.4, -0.2) is 14.5 Å². The first-order valence-corrected chi connectivity index (χ1v) is 5.46. The Morgan fingerprint density at radius 3 is 2.94 bits per heavy atom. The number of ether oxygens (including phenoxy) is 1. The number of rotatable bonds is 3. The zero-order chi connectivity index (χ0) is 12.4. The van der Waals surface area contributed by atoms with Crippen LogP contribution in [0.2, 0.25) is 0 Å². The van der Waals surface area contributed by atoms with Crippen molar-refractivity contribution < 1.29 is 9.66 Å². The topological polar surface area (TPSA) is 70.2 Å². The fourth-order valence-electron chi connectivity index (χ4n) is 1.29. The van der Waals surface area contributed by atoms with E-state index in [4.69, 9.17) is 4.74 Å². The molecule has 0 unspecified atom stereocenters. The maximum atomic E-state index is 10.7. The van der Waals surface area contributed by atoms with E-state index in [1.54, 1.807) is 25.2 Å². The molecule has 0 bridgehead atoms. The number of aromatic nitrogens is 2. The highest BCUT2D eigenvalue weighted by atomic mass is 79.9. The first-order chi connectivity index (χ1) is 8.08. The molecule has 2 rings (SSSR count). The summed E-state index contributed by atoms with van der Waals surface area (Å²) in [5.74, 6) is 0.312. The summed E-state index contributed by atoms with van der Waals surface area (Å²) in [7, 11) is 1.63. The van der Waals surface area contributed by atoms with Gasteiger partial charge in [-0.2, -0.15) is 0 Å².